The molecule has 0 saturated carbocycles. The zero-order chi connectivity index (χ0) is 33.5. The standard InChI is InChI=1S/2C20H17ClINO/c2*1-20(12-22)11-17(13-6-3-2-4-7-13)24-19-15(20)10-16(21)14-8-5-9-23-18(14)19/h2*2-10,17H,11-12H2,1H3/t2*17-,20-/m11/s1. The van der Waals surface area contributed by atoms with Crippen LogP contribution in [0.5, 0.6) is 11.5 Å². The molecular weight excluding hydrogens is 865 g/mol. The number of rotatable bonds is 4. The summed E-state index contributed by atoms with van der Waals surface area (Å²) >= 11 is 18.0. The second-order valence-corrected chi connectivity index (χ2v) is 15.4. The summed E-state index contributed by atoms with van der Waals surface area (Å²) in [5, 5.41) is 3.38. The lowest BCUT2D eigenvalue weighted by Crippen LogP contribution is -2.33. The Hall–Kier alpha value is -2.66. The summed E-state index contributed by atoms with van der Waals surface area (Å²) < 4.78 is 14.9. The number of fused-ring (bicyclic) bond motifs is 6. The fourth-order valence-electron chi connectivity index (χ4n) is 6.85. The molecule has 6 aromatic rings. The van der Waals surface area contributed by atoms with Crippen LogP contribution in [0.4, 0.5) is 0 Å². The van der Waals surface area contributed by atoms with Crippen LogP contribution in [0.1, 0.15) is 61.2 Å². The third-order valence-electron chi connectivity index (χ3n) is 9.62. The van der Waals surface area contributed by atoms with Gasteiger partial charge in [-0.25, -0.2) is 0 Å². The Balaban J connectivity index is 0.000000152. The minimum atomic E-state index is 0.00397. The fraction of sp³-hybridized carbons (Fsp3) is 0.250. The first kappa shape index (κ1) is 33.8. The molecule has 0 radical (unpaired) electrons. The molecule has 2 aromatic heterocycles. The van der Waals surface area contributed by atoms with Crippen molar-refractivity contribution in [1.82, 2.24) is 9.97 Å². The van der Waals surface area contributed by atoms with E-state index < -0.39 is 0 Å². The van der Waals surface area contributed by atoms with Gasteiger partial charge in [-0.2, -0.15) is 0 Å². The SMILES string of the molecule is C[C@]1(CI)C[C@H](c2ccccc2)Oc2c1cc(Cl)c1cccnc21.C[C@]1(CI)C[C@H](c2ccccc2)Oc2c1cc(Cl)c1cccnc21. The Morgan fingerprint density at radius 1 is 0.625 bits per heavy atom. The number of ether oxygens (including phenoxy) is 2. The maximum atomic E-state index is 6.53. The molecule has 4 atom stereocenters. The van der Waals surface area contributed by atoms with E-state index in [4.69, 9.17) is 32.7 Å². The summed E-state index contributed by atoms with van der Waals surface area (Å²) in [5.74, 6) is 1.77. The van der Waals surface area contributed by atoms with Gasteiger partial charge in [0.2, 0.25) is 0 Å². The highest BCUT2D eigenvalue weighted by atomic mass is 127. The molecule has 244 valence electrons. The van der Waals surface area contributed by atoms with Gasteiger partial charge < -0.3 is 9.47 Å². The van der Waals surface area contributed by atoms with Crippen molar-refractivity contribution in [3.05, 3.63) is 142 Å². The number of halogens is 4. The van der Waals surface area contributed by atoms with Crippen molar-refractivity contribution < 1.29 is 9.47 Å². The summed E-state index contributed by atoms with van der Waals surface area (Å²) in [6.45, 7) is 4.59. The monoisotopic (exact) mass is 898 g/mol. The summed E-state index contributed by atoms with van der Waals surface area (Å²) in [5.41, 5.74) is 6.47. The summed E-state index contributed by atoms with van der Waals surface area (Å²) in [6, 6.07) is 32.8. The van der Waals surface area contributed by atoms with Gasteiger partial charge in [0.25, 0.3) is 0 Å². The molecule has 0 saturated heterocycles. The van der Waals surface area contributed by atoms with Gasteiger partial charge in [-0.15, -0.1) is 0 Å². The lowest BCUT2D eigenvalue weighted by atomic mass is 9.75. The van der Waals surface area contributed by atoms with E-state index >= 15 is 0 Å². The van der Waals surface area contributed by atoms with Gasteiger partial charge in [0.05, 0.1) is 10.0 Å². The molecule has 0 spiro atoms. The van der Waals surface area contributed by atoms with Crippen LogP contribution in [0.2, 0.25) is 10.0 Å². The van der Waals surface area contributed by atoms with E-state index in [2.05, 4.69) is 130 Å². The number of alkyl halides is 2. The number of hydrogen-bond donors (Lipinski definition) is 0. The third kappa shape index (κ3) is 6.27. The molecule has 8 heteroatoms. The van der Waals surface area contributed by atoms with Crippen LogP contribution in [-0.2, 0) is 10.8 Å². The highest BCUT2D eigenvalue weighted by molar-refractivity contribution is 14.1. The molecule has 2 aliphatic rings. The molecular formula is C40H34Cl2I2N2O2. The lowest BCUT2D eigenvalue weighted by Gasteiger charge is -2.39. The molecule has 0 bridgehead atoms. The van der Waals surface area contributed by atoms with E-state index in [0.717, 1.165) is 65.0 Å². The normalized spacial score (nSPS) is 22.9. The van der Waals surface area contributed by atoms with Crippen molar-refractivity contribution in [1.29, 1.82) is 0 Å². The lowest BCUT2D eigenvalue weighted by molar-refractivity contribution is 0.140. The molecule has 4 heterocycles. The first-order valence-electron chi connectivity index (χ1n) is 16.0. The van der Waals surface area contributed by atoms with E-state index in [1.54, 1.807) is 12.4 Å². The van der Waals surface area contributed by atoms with Gasteiger partial charge in [-0.1, -0.05) is 143 Å². The number of benzene rings is 4. The molecule has 8 rings (SSSR count). The van der Waals surface area contributed by atoms with Crippen molar-refractivity contribution in [2.24, 2.45) is 0 Å². The van der Waals surface area contributed by atoms with Crippen molar-refractivity contribution in [3.63, 3.8) is 0 Å². The van der Waals surface area contributed by atoms with E-state index in [1.807, 2.05) is 36.4 Å². The Bertz CT molecular complexity index is 1950. The van der Waals surface area contributed by atoms with E-state index in [9.17, 15) is 0 Å². The molecule has 4 aromatic carbocycles. The van der Waals surface area contributed by atoms with Gasteiger partial charge in [0, 0.05) is 54.0 Å². The van der Waals surface area contributed by atoms with Gasteiger partial charge in [0.1, 0.15) is 34.7 Å². The smallest absolute Gasteiger partial charge is 0.150 e. The number of aromatic nitrogens is 2. The summed E-state index contributed by atoms with van der Waals surface area (Å²) in [6.07, 6.45) is 5.53. The minimum Gasteiger partial charge on any atom is -0.483 e. The predicted molar refractivity (Wildman–Crippen MR) is 215 cm³/mol. The number of pyridine rings is 2. The van der Waals surface area contributed by atoms with Crippen LogP contribution < -0.4 is 9.47 Å². The topological polar surface area (TPSA) is 44.2 Å². The summed E-state index contributed by atoms with van der Waals surface area (Å²) in [4.78, 5) is 9.14. The highest BCUT2D eigenvalue weighted by Crippen LogP contribution is 2.52. The van der Waals surface area contributed by atoms with Crippen molar-refractivity contribution >= 4 is 90.2 Å². The largest absolute Gasteiger partial charge is 0.483 e. The second-order valence-electron chi connectivity index (χ2n) is 13.1. The molecule has 0 amide bonds. The van der Waals surface area contributed by atoms with Crippen LogP contribution in [0, 0.1) is 0 Å². The first-order valence-corrected chi connectivity index (χ1v) is 19.8. The highest BCUT2D eigenvalue weighted by Gasteiger charge is 2.41. The Kier molecular flexibility index (Phi) is 9.81. The van der Waals surface area contributed by atoms with Crippen LogP contribution in [-0.4, -0.2) is 18.8 Å². The van der Waals surface area contributed by atoms with Gasteiger partial charge in [-0.05, 0) is 60.4 Å². The fourth-order valence-corrected chi connectivity index (χ4v) is 8.82. The minimum absolute atomic E-state index is 0.00397. The van der Waals surface area contributed by atoms with Gasteiger partial charge >= 0.3 is 0 Å². The van der Waals surface area contributed by atoms with E-state index in [0.29, 0.717) is 0 Å². The second kappa shape index (κ2) is 13.9. The van der Waals surface area contributed by atoms with Crippen molar-refractivity contribution in [2.75, 3.05) is 8.86 Å². The average Bonchev–Trinajstić information content (AvgIpc) is 3.13. The van der Waals surface area contributed by atoms with Crippen LogP contribution in [0.25, 0.3) is 21.8 Å². The predicted octanol–water partition coefficient (Wildman–Crippen LogP) is 12.2. The van der Waals surface area contributed by atoms with Crippen molar-refractivity contribution in [3.8, 4) is 11.5 Å². The summed E-state index contributed by atoms with van der Waals surface area (Å²) in [7, 11) is 0. The van der Waals surface area contributed by atoms with Crippen LogP contribution in [0.15, 0.2) is 109 Å². The maximum Gasteiger partial charge on any atom is 0.150 e. The Labute approximate surface area is 318 Å². The van der Waals surface area contributed by atoms with Gasteiger partial charge in [-0.3, -0.25) is 9.97 Å². The molecule has 0 fully saturated rings. The maximum absolute atomic E-state index is 6.53. The molecule has 2 aliphatic heterocycles. The molecule has 0 aliphatic carbocycles. The van der Waals surface area contributed by atoms with Crippen molar-refractivity contribution in [2.45, 2.75) is 49.7 Å². The molecule has 48 heavy (non-hydrogen) atoms. The molecule has 0 unspecified atom stereocenters. The quantitative estimate of drug-likeness (QED) is 0.131. The number of nitrogens with zero attached hydrogens (tertiary/aromatic N) is 2. The molecule has 4 nitrogen and oxygen atoms in total. The zero-order valence-corrected chi connectivity index (χ0v) is 32.4. The van der Waals surface area contributed by atoms with Gasteiger partial charge in [0.15, 0.2) is 0 Å². The van der Waals surface area contributed by atoms with E-state index in [1.165, 1.54) is 22.3 Å². The Morgan fingerprint density at radius 3 is 1.40 bits per heavy atom. The number of hydrogen-bond acceptors (Lipinski definition) is 4. The third-order valence-corrected chi connectivity index (χ3v) is 13.6. The molecule has 0 N–H and O–H groups in total. The zero-order valence-electron chi connectivity index (χ0n) is 26.6. The average molecular weight is 899 g/mol. The van der Waals surface area contributed by atoms with Crippen LogP contribution in [0.3, 0.4) is 0 Å². The Morgan fingerprint density at radius 2 is 1.02 bits per heavy atom. The first-order chi connectivity index (χ1) is 23.2. The van der Waals surface area contributed by atoms with Crippen LogP contribution >= 0.6 is 68.4 Å². The van der Waals surface area contributed by atoms with E-state index in [-0.39, 0.29) is 23.0 Å².